The van der Waals surface area contributed by atoms with Gasteiger partial charge in [-0.3, -0.25) is 14.5 Å². The van der Waals surface area contributed by atoms with Crippen molar-refractivity contribution in [3.05, 3.63) is 28.2 Å². The molecule has 1 aromatic carbocycles. The van der Waals surface area contributed by atoms with Gasteiger partial charge < -0.3 is 15.5 Å². The van der Waals surface area contributed by atoms with E-state index >= 15 is 0 Å². The van der Waals surface area contributed by atoms with Gasteiger partial charge in [0.25, 0.3) is 0 Å². The van der Waals surface area contributed by atoms with E-state index in [2.05, 4.69) is 15.5 Å². The maximum atomic E-state index is 12.7. The van der Waals surface area contributed by atoms with Crippen molar-refractivity contribution in [2.75, 3.05) is 44.6 Å². The Hall–Kier alpha value is -1.05. The average molecular weight is 436 g/mol. The molecule has 1 aromatic rings. The quantitative estimate of drug-likeness (QED) is 0.746. The lowest BCUT2D eigenvalue weighted by Gasteiger charge is -2.29. The third-order valence-electron chi connectivity index (χ3n) is 4.88. The Kier molecular flexibility index (Phi) is 8.63. The second-order valence-electron chi connectivity index (χ2n) is 6.72. The number of amides is 2. The smallest absolute Gasteiger partial charge is 0.241 e. The van der Waals surface area contributed by atoms with Gasteiger partial charge >= 0.3 is 0 Å². The van der Waals surface area contributed by atoms with Crippen LogP contribution in [0.2, 0.25) is 10.0 Å². The summed E-state index contributed by atoms with van der Waals surface area (Å²) in [4.78, 5) is 29.0. The number of nitrogens with one attached hydrogen (secondary N) is 2. The molecule has 150 valence electrons. The van der Waals surface area contributed by atoms with Crippen LogP contribution in [0.25, 0.3) is 0 Å². The van der Waals surface area contributed by atoms with Gasteiger partial charge in [-0.1, -0.05) is 23.2 Å². The van der Waals surface area contributed by atoms with Crippen molar-refractivity contribution < 1.29 is 9.59 Å². The second kappa shape index (κ2) is 10.5. The van der Waals surface area contributed by atoms with Crippen molar-refractivity contribution >= 4 is 53.1 Å². The third-order valence-corrected chi connectivity index (χ3v) is 5.32. The minimum Gasteiger partial charge on any atom is -0.340 e. The first-order chi connectivity index (χ1) is 12.5. The van der Waals surface area contributed by atoms with Gasteiger partial charge in [0.15, 0.2) is 0 Å². The molecule has 2 heterocycles. The zero-order chi connectivity index (χ0) is 18.5. The maximum absolute atomic E-state index is 12.7. The van der Waals surface area contributed by atoms with E-state index in [-0.39, 0.29) is 30.3 Å². The number of hydrogen-bond acceptors (Lipinski definition) is 4. The first-order valence-electron chi connectivity index (χ1n) is 9.02. The van der Waals surface area contributed by atoms with Crippen LogP contribution in [-0.2, 0) is 9.59 Å². The van der Waals surface area contributed by atoms with Crippen molar-refractivity contribution in [2.24, 2.45) is 0 Å². The van der Waals surface area contributed by atoms with E-state index in [1.165, 1.54) is 0 Å². The van der Waals surface area contributed by atoms with Crippen LogP contribution in [0, 0.1) is 0 Å². The molecule has 2 fully saturated rings. The first kappa shape index (κ1) is 22.2. The number of benzene rings is 1. The normalized spacial score (nSPS) is 20.2. The van der Waals surface area contributed by atoms with Gasteiger partial charge in [0.05, 0.1) is 6.04 Å². The van der Waals surface area contributed by atoms with Crippen molar-refractivity contribution in [1.82, 2.24) is 15.1 Å². The van der Waals surface area contributed by atoms with E-state index in [1.54, 1.807) is 18.2 Å². The predicted molar refractivity (Wildman–Crippen MR) is 111 cm³/mol. The van der Waals surface area contributed by atoms with Gasteiger partial charge in [-0.05, 0) is 37.6 Å². The molecule has 0 radical (unpaired) electrons. The molecule has 27 heavy (non-hydrogen) atoms. The Bertz CT molecular complexity index is 648. The van der Waals surface area contributed by atoms with Crippen molar-refractivity contribution in [2.45, 2.75) is 25.3 Å². The zero-order valence-electron chi connectivity index (χ0n) is 15.0. The summed E-state index contributed by atoms with van der Waals surface area (Å²) >= 11 is 12.0. The Balaban J connectivity index is 0.00000261. The summed E-state index contributed by atoms with van der Waals surface area (Å²) < 4.78 is 0. The average Bonchev–Trinajstić information content (AvgIpc) is 3.08. The summed E-state index contributed by atoms with van der Waals surface area (Å²) in [5, 5.41) is 7.11. The van der Waals surface area contributed by atoms with E-state index in [0.29, 0.717) is 28.7 Å². The number of nitrogens with zero attached hydrogens (tertiary/aromatic N) is 2. The number of hydrogen-bond donors (Lipinski definition) is 2. The van der Waals surface area contributed by atoms with E-state index < -0.39 is 0 Å². The van der Waals surface area contributed by atoms with Gasteiger partial charge in [0.2, 0.25) is 11.8 Å². The molecule has 0 aromatic heterocycles. The van der Waals surface area contributed by atoms with Crippen molar-refractivity contribution in [3.8, 4) is 0 Å². The molecule has 0 spiro atoms. The fourth-order valence-corrected chi connectivity index (χ4v) is 4.08. The molecule has 3 rings (SSSR count). The summed E-state index contributed by atoms with van der Waals surface area (Å²) in [5.41, 5.74) is 0.594. The fourth-order valence-electron chi connectivity index (χ4n) is 3.55. The molecular weight excluding hydrogens is 411 g/mol. The van der Waals surface area contributed by atoms with Crippen LogP contribution in [0.5, 0.6) is 0 Å². The fraction of sp³-hybridized carbons (Fsp3) is 0.556. The van der Waals surface area contributed by atoms with E-state index in [9.17, 15) is 9.59 Å². The maximum Gasteiger partial charge on any atom is 0.241 e. The standard InChI is InChI=1S/C18H24Cl2N4O2.ClH/c19-13-10-14(20)12-15(11-13)22-18(26)16-2-1-6-23(16)7-3-17(25)24-8-4-21-5-9-24;/h10-12,16,21H,1-9H2,(H,22,26);1H. The van der Waals surface area contributed by atoms with Gasteiger partial charge in [-0.15, -0.1) is 12.4 Å². The molecule has 1 atom stereocenters. The molecule has 0 bridgehead atoms. The van der Waals surface area contributed by atoms with Crippen LogP contribution in [0.3, 0.4) is 0 Å². The third kappa shape index (κ3) is 6.22. The summed E-state index contributed by atoms with van der Waals surface area (Å²) in [6.45, 7) is 4.67. The molecule has 0 saturated carbocycles. The minimum atomic E-state index is -0.219. The number of halogens is 3. The molecular formula is C18H25Cl3N4O2. The highest BCUT2D eigenvalue weighted by atomic mass is 35.5. The first-order valence-corrected chi connectivity index (χ1v) is 9.78. The number of anilines is 1. The summed E-state index contributed by atoms with van der Waals surface area (Å²) in [7, 11) is 0. The van der Waals surface area contributed by atoms with Crippen LogP contribution < -0.4 is 10.6 Å². The SMILES string of the molecule is Cl.O=C(Nc1cc(Cl)cc(Cl)c1)C1CCCN1CCC(=O)N1CCNCC1. The second-order valence-corrected chi connectivity index (χ2v) is 7.60. The molecule has 2 N–H and O–H groups in total. The highest BCUT2D eigenvalue weighted by molar-refractivity contribution is 6.35. The van der Waals surface area contributed by atoms with Gasteiger partial charge in [-0.25, -0.2) is 0 Å². The van der Waals surface area contributed by atoms with Gasteiger partial charge in [-0.2, -0.15) is 0 Å². The number of piperazine rings is 1. The zero-order valence-corrected chi connectivity index (χ0v) is 17.4. The van der Waals surface area contributed by atoms with Crippen LogP contribution in [0.15, 0.2) is 18.2 Å². The molecule has 2 aliphatic heterocycles. The summed E-state index contributed by atoms with van der Waals surface area (Å²) in [6, 6.07) is 4.77. The van der Waals surface area contributed by atoms with Crippen LogP contribution >= 0.6 is 35.6 Å². The van der Waals surface area contributed by atoms with Crippen LogP contribution in [-0.4, -0.2) is 66.9 Å². The molecule has 0 aliphatic carbocycles. The number of carbonyl (C=O) groups excluding carboxylic acids is 2. The van der Waals surface area contributed by atoms with Crippen LogP contribution in [0.1, 0.15) is 19.3 Å². The lowest BCUT2D eigenvalue weighted by atomic mass is 10.2. The molecule has 2 saturated heterocycles. The summed E-state index contributed by atoms with van der Waals surface area (Å²) in [5.74, 6) is 0.0923. The Labute approximate surface area is 176 Å². The predicted octanol–water partition coefficient (Wildman–Crippen LogP) is 2.64. The van der Waals surface area contributed by atoms with Crippen molar-refractivity contribution in [1.29, 1.82) is 0 Å². The Morgan fingerprint density at radius 3 is 2.44 bits per heavy atom. The van der Waals surface area contributed by atoms with E-state index in [0.717, 1.165) is 45.6 Å². The highest BCUT2D eigenvalue weighted by Gasteiger charge is 2.31. The van der Waals surface area contributed by atoms with E-state index in [4.69, 9.17) is 23.2 Å². The Morgan fingerprint density at radius 1 is 1.11 bits per heavy atom. The highest BCUT2D eigenvalue weighted by Crippen LogP contribution is 2.24. The minimum absolute atomic E-state index is 0. The Morgan fingerprint density at radius 2 is 1.78 bits per heavy atom. The summed E-state index contributed by atoms with van der Waals surface area (Å²) in [6.07, 6.45) is 2.20. The lowest BCUT2D eigenvalue weighted by Crippen LogP contribution is -2.47. The molecule has 2 amide bonds. The van der Waals surface area contributed by atoms with Crippen LogP contribution in [0.4, 0.5) is 5.69 Å². The molecule has 9 heteroatoms. The molecule has 2 aliphatic rings. The molecule has 1 unspecified atom stereocenters. The largest absolute Gasteiger partial charge is 0.340 e. The van der Waals surface area contributed by atoms with Gasteiger partial charge in [0, 0.05) is 54.9 Å². The monoisotopic (exact) mass is 434 g/mol. The number of rotatable bonds is 5. The van der Waals surface area contributed by atoms with Crippen molar-refractivity contribution in [3.63, 3.8) is 0 Å². The topological polar surface area (TPSA) is 64.7 Å². The lowest BCUT2D eigenvalue weighted by molar-refractivity contribution is -0.132. The van der Waals surface area contributed by atoms with Gasteiger partial charge in [0.1, 0.15) is 0 Å². The van der Waals surface area contributed by atoms with E-state index in [1.807, 2.05) is 4.90 Å². The molecule has 6 nitrogen and oxygen atoms in total. The number of carbonyl (C=O) groups is 2. The number of likely N-dealkylation sites (tertiary alicyclic amines) is 1.